The molecule has 1 N–H and O–H groups in total. The summed E-state index contributed by atoms with van der Waals surface area (Å²) in [6, 6.07) is 22.8. The van der Waals surface area contributed by atoms with Gasteiger partial charge in [-0.25, -0.2) is 4.98 Å². The van der Waals surface area contributed by atoms with Gasteiger partial charge in [-0.05, 0) is 78.6 Å². The zero-order valence-corrected chi connectivity index (χ0v) is 21.6. The summed E-state index contributed by atoms with van der Waals surface area (Å²) in [5, 5.41) is 3.16. The van der Waals surface area contributed by atoms with E-state index in [1.165, 1.54) is 24.0 Å². The largest absolute Gasteiger partial charge is 0.346 e. The second-order valence-electron chi connectivity index (χ2n) is 9.85. The highest BCUT2D eigenvalue weighted by atomic mass is 16.1. The van der Waals surface area contributed by atoms with Crippen LogP contribution in [0.2, 0.25) is 0 Å². The lowest BCUT2D eigenvalue weighted by atomic mass is 10.0. The van der Waals surface area contributed by atoms with Crippen LogP contribution < -0.4 is 5.32 Å². The van der Waals surface area contributed by atoms with Crippen molar-refractivity contribution in [3.63, 3.8) is 0 Å². The van der Waals surface area contributed by atoms with Crippen molar-refractivity contribution in [1.82, 2.24) is 14.9 Å². The lowest BCUT2D eigenvalue weighted by Crippen LogP contribution is -2.26. The summed E-state index contributed by atoms with van der Waals surface area (Å²) in [6.45, 7) is 12.4. The van der Waals surface area contributed by atoms with Crippen molar-refractivity contribution >= 4 is 22.5 Å². The van der Waals surface area contributed by atoms with Crippen LogP contribution >= 0.6 is 0 Å². The summed E-state index contributed by atoms with van der Waals surface area (Å²) in [5.41, 5.74) is 8.32. The van der Waals surface area contributed by atoms with Gasteiger partial charge in [0.1, 0.15) is 5.82 Å². The van der Waals surface area contributed by atoms with E-state index >= 15 is 0 Å². The van der Waals surface area contributed by atoms with E-state index in [1.54, 1.807) is 6.08 Å². The lowest BCUT2D eigenvalue weighted by molar-refractivity contribution is 0.0940. The van der Waals surface area contributed by atoms with Crippen LogP contribution in [0.15, 0.2) is 98.1 Å². The van der Waals surface area contributed by atoms with Crippen LogP contribution in [0, 0.1) is 6.92 Å². The molecule has 1 heterocycles. The predicted molar refractivity (Wildman–Crippen MR) is 153 cm³/mol. The molecule has 1 saturated carbocycles. The smallest absolute Gasteiger partial charge is 0.251 e. The fourth-order valence-electron chi connectivity index (χ4n) is 4.85. The number of hydrogen-bond donors (Lipinski definition) is 1. The Morgan fingerprint density at radius 1 is 1.08 bits per heavy atom. The van der Waals surface area contributed by atoms with Gasteiger partial charge >= 0.3 is 0 Å². The minimum Gasteiger partial charge on any atom is -0.346 e. The Morgan fingerprint density at radius 2 is 1.84 bits per heavy atom. The first-order valence-corrected chi connectivity index (χ1v) is 12.9. The quantitative estimate of drug-likeness (QED) is 0.248. The molecule has 1 atom stereocenters. The standard InChI is InChI=1S/C33H33N3O/c1-5-8-25(6-2)26-13-11-24(12-14-26)21-36-23(4)35-31-20-30(17-18-32(31)36)33(37)34-22(3)28-9-7-10-29(19-28)27-15-16-27/h5-14,17-20,22,27H,1-2,15-16,21H2,3-4H3,(H,34,37)/t22-/m0/s1. The maximum Gasteiger partial charge on any atom is 0.251 e. The molecule has 5 rings (SSSR count). The number of carbonyl (C=O) groups is 1. The molecule has 4 nitrogen and oxygen atoms in total. The summed E-state index contributed by atoms with van der Waals surface area (Å²) in [4.78, 5) is 17.8. The number of aryl methyl sites for hydroxylation is 1. The van der Waals surface area contributed by atoms with E-state index in [2.05, 4.69) is 71.6 Å². The maximum absolute atomic E-state index is 13.1. The van der Waals surface area contributed by atoms with Crippen molar-refractivity contribution in [1.29, 1.82) is 0 Å². The number of fused-ring (bicyclic) bond motifs is 1. The van der Waals surface area contributed by atoms with E-state index in [4.69, 9.17) is 4.98 Å². The fraction of sp³-hybridized carbons (Fsp3) is 0.212. The molecule has 0 unspecified atom stereocenters. The number of nitrogens with zero attached hydrogens (tertiary/aromatic N) is 2. The first kappa shape index (κ1) is 24.5. The highest BCUT2D eigenvalue weighted by Gasteiger charge is 2.24. The number of nitrogens with one attached hydrogen (secondary N) is 1. The van der Waals surface area contributed by atoms with Gasteiger partial charge < -0.3 is 9.88 Å². The molecule has 1 aromatic heterocycles. The first-order valence-electron chi connectivity index (χ1n) is 12.9. The van der Waals surface area contributed by atoms with Crippen molar-refractivity contribution < 1.29 is 4.79 Å². The zero-order valence-electron chi connectivity index (χ0n) is 21.6. The number of amides is 1. The van der Waals surface area contributed by atoms with Crippen molar-refractivity contribution in [2.24, 2.45) is 0 Å². The van der Waals surface area contributed by atoms with E-state index in [1.807, 2.05) is 44.2 Å². The molecule has 3 aromatic carbocycles. The average molecular weight is 488 g/mol. The van der Waals surface area contributed by atoms with Gasteiger partial charge in [0.05, 0.1) is 17.1 Å². The molecule has 0 spiro atoms. The summed E-state index contributed by atoms with van der Waals surface area (Å²) >= 11 is 0. The monoisotopic (exact) mass is 487 g/mol. The van der Waals surface area contributed by atoms with Crippen LogP contribution in [0.3, 0.4) is 0 Å². The second-order valence-corrected chi connectivity index (χ2v) is 9.85. The Hall–Kier alpha value is -4.18. The van der Waals surface area contributed by atoms with E-state index in [0.717, 1.165) is 33.6 Å². The third kappa shape index (κ3) is 5.34. The number of benzene rings is 3. The van der Waals surface area contributed by atoms with Crippen LogP contribution in [0.5, 0.6) is 0 Å². The van der Waals surface area contributed by atoms with Crippen molar-refractivity contribution in [3.05, 3.63) is 132 Å². The summed E-state index contributed by atoms with van der Waals surface area (Å²) in [5.74, 6) is 1.53. The molecule has 1 amide bonds. The molecule has 1 aliphatic carbocycles. The van der Waals surface area contributed by atoms with Crippen LogP contribution in [0.25, 0.3) is 16.6 Å². The molecule has 0 saturated heterocycles. The van der Waals surface area contributed by atoms with Crippen molar-refractivity contribution in [2.45, 2.75) is 45.2 Å². The minimum absolute atomic E-state index is 0.0629. The van der Waals surface area contributed by atoms with Gasteiger partial charge in [-0.2, -0.15) is 0 Å². The third-order valence-electron chi connectivity index (χ3n) is 7.15. The highest BCUT2D eigenvalue weighted by molar-refractivity contribution is 5.97. The Morgan fingerprint density at radius 3 is 2.54 bits per heavy atom. The number of rotatable bonds is 9. The molecule has 4 heteroatoms. The lowest BCUT2D eigenvalue weighted by Gasteiger charge is -2.15. The van der Waals surface area contributed by atoms with E-state index < -0.39 is 0 Å². The van der Waals surface area contributed by atoms with E-state index in [9.17, 15) is 4.79 Å². The number of imidazole rings is 1. The molecule has 0 radical (unpaired) electrons. The van der Waals surface area contributed by atoms with Crippen molar-refractivity contribution in [2.75, 3.05) is 0 Å². The van der Waals surface area contributed by atoms with Crippen LogP contribution in [-0.4, -0.2) is 15.5 Å². The topological polar surface area (TPSA) is 46.9 Å². The van der Waals surface area contributed by atoms with Crippen LogP contribution in [0.1, 0.15) is 70.2 Å². The Kier molecular flexibility index (Phi) is 6.91. The maximum atomic E-state index is 13.1. The van der Waals surface area contributed by atoms with E-state index in [-0.39, 0.29) is 11.9 Å². The van der Waals surface area contributed by atoms with Gasteiger partial charge in [-0.3, -0.25) is 4.79 Å². The number of aromatic nitrogens is 2. The molecule has 4 aromatic rings. The molecule has 186 valence electrons. The van der Waals surface area contributed by atoms with Gasteiger partial charge in [-0.15, -0.1) is 0 Å². The van der Waals surface area contributed by atoms with Crippen LogP contribution in [-0.2, 0) is 6.54 Å². The normalized spacial score (nSPS) is 14.4. The van der Waals surface area contributed by atoms with Gasteiger partial charge in [0.25, 0.3) is 5.91 Å². The molecule has 0 bridgehead atoms. The zero-order chi connectivity index (χ0) is 25.9. The third-order valence-corrected chi connectivity index (χ3v) is 7.15. The Bertz CT molecular complexity index is 1500. The Balaban J connectivity index is 1.32. The summed E-state index contributed by atoms with van der Waals surface area (Å²) < 4.78 is 2.19. The molecular formula is C33H33N3O. The van der Waals surface area contributed by atoms with E-state index in [0.29, 0.717) is 18.0 Å². The summed E-state index contributed by atoms with van der Waals surface area (Å²) in [7, 11) is 0. The fourth-order valence-corrected chi connectivity index (χ4v) is 4.85. The predicted octanol–water partition coefficient (Wildman–Crippen LogP) is 7.52. The molecular weight excluding hydrogens is 454 g/mol. The first-order chi connectivity index (χ1) is 18.0. The molecule has 1 aliphatic rings. The van der Waals surface area contributed by atoms with Gasteiger partial charge in [0.15, 0.2) is 0 Å². The minimum atomic E-state index is -0.0837. The SMILES string of the molecule is C=CC=C(C=C)c1ccc(Cn2c(C)nc3cc(C(=O)N[C@@H](C)c4cccc(C5CC5)c4)ccc32)cc1. The average Bonchev–Trinajstić information content (AvgIpc) is 3.72. The molecule has 37 heavy (non-hydrogen) atoms. The highest BCUT2D eigenvalue weighted by Crippen LogP contribution is 2.40. The Labute approximate surface area is 219 Å². The van der Waals surface area contributed by atoms with Gasteiger partial charge in [0.2, 0.25) is 0 Å². The number of hydrogen-bond acceptors (Lipinski definition) is 2. The second kappa shape index (κ2) is 10.4. The van der Waals surface area contributed by atoms with Crippen molar-refractivity contribution in [3.8, 4) is 0 Å². The van der Waals surface area contributed by atoms with Crippen LogP contribution in [0.4, 0.5) is 0 Å². The van der Waals surface area contributed by atoms with Gasteiger partial charge in [0, 0.05) is 12.1 Å². The number of allylic oxidation sites excluding steroid dienone is 4. The molecule has 1 fully saturated rings. The summed E-state index contributed by atoms with van der Waals surface area (Å²) in [6.07, 6.45) is 8.10. The number of carbonyl (C=O) groups excluding carboxylic acids is 1. The molecule has 0 aliphatic heterocycles. The van der Waals surface area contributed by atoms with Gasteiger partial charge in [-0.1, -0.05) is 79.9 Å².